The minimum Gasteiger partial charge on any atom is -0.490 e. The zero-order valence-electron chi connectivity index (χ0n) is 12.4. The molecule has 1 aromatic carbocycles. The molecule has 2 heterocycles. The smallest absolute Gasteiger partial charge is 0.163 e. The van der Waals surface area contributed by atoms with Crippen LogP contribution in [0.3, 0.4) is 0 Å². The van der Waals surface area contributed by atoms with Crippen molar-refractivity contribution in [2.45, 2.75) is 32.9 Å². The predicted molar refractivity (Wildman–Crippen MR) is 79.8 cm³/mol. The summed E-state index contributed by atoms with van der Waals surface area (Å²) >= 11 is 0. The van der Waals surface area contributed by atoms with Crippen LogP contribution < -0.4 is 14.8 Å². The van der Waals surface area contributed by atoms with Crippen molar-refractivity contribution in [1.82, 2.24) is 14.8 Å². The van der Waals surface area contributed by atoms with Crippen LogP contribution in [0.25, 0.3) is 0 Å². The number of aromatic nitrogens is 3. The van der Waals surface area contributed by atoms with Gasteiger partial charge in [-0.2, -0.15) is 5.10 Å². The first-order valence-corrected chi connectivity index (χ1v) is 7.26. The van der Waals surface area contributed by atoms with Crippen molar-refractivity contribution in [2.75, 3.05) is 18.5 Å². The molecule has 0 amide bonds. The number of nitrogens with zero attached hydrogens (tertiary/aromatic N) is 3. The molecule has 0 spiro atoms. The first-order valence-electron chi connectivity index (χ1n) is 7.26. The summed E-state index contributed by atoms with van der Waals surface area (Å²) in [5, 5.41) is 7.59. The molecule has 0 atom stereocenters. The molecule has 1 aliphatic heterocycles. The van der Waals surface area contributed by atoms with Crippen molar-refractivity contribution in [3.8, 4) is 11.5 Å². The number of ether oxygens (including phenoxy) is 2. The van der Waals surface area contributed by atoms with Crippen molar-refractivity contribution < 1.29 is 9.47 Å². The van der Waals surface area contributed by atoms with E-state index in [2.05, 4.69) is 29.2 Å². The van der Waals surface area contributed by atoms with Gasteiger partial charge in [-0.05, 0) is 26.0 Å². The van der Waals surface area contributed by atoms with Gasteiger partial charge < -0.3 is 14.8 Å². The molecule has 21 heavy (non-hydrogen) atoms. The highest BCUT2D eigenvalue weighted by molar-refractivity contribution is 5.55. The van der Waals surface area contributed by atoms with Crippen molar-refractivity contribution >= 4 is 5.69 Å². The lowest BCUT2D eigenvalue weighted by molar-refractivity contribution is 0.297. The Hall–Kier alpha value is -2.24. The fraction of sp³-hybridized carbons (Fsp3) is 0.467. The molecule has 1 N–H and O–H groups in total. The summed E-state index contributed by atoms with van der Waals surface area (Å²) in [4.78, 5) is 4.29. The molecule has 0 saturated heterocycles. The fourth-order valence-corrected chi connectivity index (χ4v) is 2.29. The molecule has 0 unspecified atom stereocenters. The molecule has 112 valence electrons. The van der Waals surface area contributed by atoms with E-state index in [-0.39, 0.29) is 0 Å². The Balaban J connectivity index is 1.70. The Kier molecular flexibility index (Phi) is 3.94. The molecule has 0 aliphatic carbocycles. The normalized spacial score (nSPS) is 14.0. The minimum atomic E-state index is 0.299. The molecule has 0 fully saturated rings. The largest absolute Gasteiger partial charge is 0.490 e. The van der Waals surface area contributed by atoms with Crippen molar-refractivity contribution in [3.63, 3.8) is 0 Å². The van der Waals surface area contributed by atoms with E-state index in [1.54, 1.807) is 6.33 Å². The Bertz CT molecular complexity index is 609. The number of benzene rings is 1. The van der Waals surface area contributed by atoms with E-state index in [0.29, 0.717) is 25.8 Å². The van der Waals surface area contributed by atoms with Gasteiger partial charge in [-0.15, -0.1) is 0 Å². The molecule has 3 rings (SSSR count). The molecular weight excluding hydrogens is 268 g/mol. The van der Waals surface area contributed by atoms with Crippen LogP contribution in [0.15, 0.2) is 24.5 Å². The highest BCUT2D eigenvalue weighted by Gasteiger charge is 2.11. The standard InChI is InChI=1S/C15H20N4O2/c1-11(2)19-15(17-10-18-19)9-16-12-4-5-13-14(8-12)21-7-3-6-20-13/h4-5,8,10-11,16H,3,6-7,9H2,1-2H3. The van der Waals surface area contributed by atoms with Crippen LogP contribution in [0.2, 0.25) is 0 Å². The number of nitrogens with one attached hydrogen (secondary N) is 1. The van der Waals surface area contributed by atoms with Gasteiger partial charge >= 0.3 is 0 Å². The number of anilines is 1. The highest BCUT2D eigenvalue weighted by atomic mass is 16.5. The Morgan fingerprint density at radius 3 is 2.86 bits per heavy atom. The van der Waals surface area contributed by atoms with Crippen LogP contribution in [0.1, 0.15) is 32.1 Å². The van der Waals surface area contributed by atoms with Gasteiger partial charge in [-0.3, -0.25) is 0 Å². The minimum absolute atomic E-state index is 0.299. The van der Waals surface area contributed by atoms with Gasteiger partial charge in [-0.25, -0.2) is 9.67 Å². The molecular formula is C15H20N4O2. The van der Waals surface area contributed by atoms with E-state index >= 15 is 0 Å². The molecule has 0 saturated carbocycles. The first kappa shape index (κ1) is 13.7. The zero-order chi connectivity index (χ0) is 14.7. The van der Waals surface area contributed by atoms with Crippen LogP contribution in [0.4, 0.5) is 5.69 Å². The van der Waals surface area contributed by atoms with E-state index in [1.807, 2.05) is 22.9 Å². The van der Waals surface area contributed by atoms with Crippen molar-refractivity contribution in [3.05, 3.63) is 30.4 Å². The van der Waals surface area contributed by atoms with Gasteiger partial charge in [0.05, 0.1) is 19.8 Å². The SMILES string of the molecule is CC(C)n1ncnc1CNc1ccc2c(c1)OCCCO2. The lowest BCUT2D eigenvalue weighted by Gasteiger charge is -2.12. The summed E-state index contributed by atoms with van der Waals surface area (Å²) < 4.78 is 13.2. The quantitative estimate of drug-likeness (QED) is 0.937. The molecule has 0 bridgehead atoms. The summed E-state index contributed by atoms with van der Waals surface area (Å²) in [6.07, 6.45) is 2.50. The molecule has 6 nitrogen and oxygen atoms in total. The summed E-state index contributed by atoms with van der Waals surface area (Å²) in [6.45, 7) is 6.20. The summed E-state index contributed by atoms with van der Waals surface area (Å²) in [6, 6.07) is 6.20. The van der Waals surface area contributed by atoms with Gasteiger partial charge in [0.15, 0.2) is 11.5 Å². The van der Waals surface area contributed by atoms with Crippen LogP contribution in [0, 0.1) is 0 Å². The topological polar surface area (TPSA) is 61.2 Å². The maximum atomic E-state index is 5.69. The van der Waals surface area contributed by atoms with Crippen LogP contribution in [0.5, 0.6) is 11.5 Å². The second-order valence-electron chi connectivity index (χ2n) is 5.28. The van der Waals surface area contributed by atoms with Gasteiger partial charge in [0, 0.05) is 24.2 Å². The Morgan fingerprint density at radius 1 is 1.24 bits per heavy atom. The van der Waals surface area contributed by atoms with Gasteiger partial charge in [0.1, 0.15) is 12.2 Å². The summed E-state index contributed by atoms with van der Waals surface area (Å²) in [7, 11) is 0. The highest BCUT2D eigenvalue weighted by Crippen LogP contribution is 2.32. The van der Waals surface area contributed by atoms with Crippen LogP contribution >= 0.6 is 0 Å². The van der Waals surface area contributed by atoms with Crippen molar-refractivity contribution in [2.24, 2.45) is 0 Å². The van der Waals surface area contributed by atoms with Crippen LogP contribution in [-0.2, 0) is 6.54 Å². The Morgan fingerprint density at radius 2 is 2.05 bits per heavy atom. The average Bonchev–Trinajstić information content (AvgIpc) is 2.83. The monoisotopic (exact) mass is 288 g/mol. The second-order valence-corrected chi connectivity index (χ2v) is 5.28. The lowest BCUT2D eigenvalue weighted by atomic mass is 10.2. The van der Waals surface area contributed by atoms with Crippen LogP contribution in [-0.4, -0.2) is 28.0 Å². The van der Waals surface area contributed by atoms with E-state index in [4.69, 9.17) is 9.47 Å². The third-order valence-corrected chi connectivity index (χ3v) is 3.33. The number of fused-ring (bicyclic) bond motifs is 1. The van der Waals surface area contributed by atoms with Crippen molar-refractivity contribution in [1.29, 1.82) is 0 Å². The molecule has 1 aliphatic rings. The number of hydrogen-bond acceptors (Lipinski definition) is 5. The fourth-order valence-electron chi connectivity index (χ4n) is 2.29. The third kappa shape index (κ3) is 3.09. The third-order valence-electron chi connectivity index (χ3n) is 3.33. The molecule has 6 heteroatoms. The number of rotatable bonds is 4. The first-order chi connectivity index (χ1) is 10.2. The molecule has 0 radical (unpaired) electrons. The maximum Gasteiger partial charge on any atom is 0.163 e. The number of hydrogen-bond donors (Lipinski definition) is 1. The van der Waals surface area contributed by atoms with Gasteiger partial charge in [0.25, 0.3) is 0 Å². The van der Waals surface area contributed by atoms with E-state index in [0.717, 1.165) is 29.4 Å². The lowest BCUT2D eigenvalue weighted by Crippen LogP contribution is -2.12. The second kappa shape index (κ2) is 6.03. The molecule has 1 aromatic heterocycles. The summed E-state index contributed by atoms with van der Waals surface area (Å²) in [5.74, 6) is 2.52. The summed E-state index contributed by atoms with van der Waals surface area (Å²) in [5.41, 5.74) is 0.984. The average molecular weight is 288 g/mol. The van der Waals surface area contributed by atoms with Gasteiger partial charge in [-0.1, -0.05) is 0 Å². The predicted octanol–water partition coefficient (Wildman–Crippen LogP) is 2.63. The van der Waals surface area contributed by atoms with E-state index in [9.17, 15) is 0 Å². The van der Waals surface area contributed by atoms with E-state index in [1.165, 1.54) is 0 Å². The Labute approximate surface area is 124 Å². The maximum absolute atomic E-state index is 5.69. The molecule has 2 aromatic rings. The zero-order valence-corrected chi connectivity index (χ0v) is 12.4. The van der Waals surface area contributed by atoms with Gasteiger partial charge in [0.2, 0.25) is 0 Å². The van der Waals surface area contributed by atoms with E-state index < -0.39 is 0 Å².